The van der Waals surface area contributed by atoms with Crippen molar-refractivity contribution in [2.24, 2.45) is 0 Å². The number of ether oxygens (including phenoxy) is 4. The van der Waals surface area contributed by atoms with Crippen LogP contribution in [0.2, 0.25) is 5.02 Å². The van der Waals surface area contributed by atoms with Gasteiger partial charge in [-0.25, -0.2) is 0 Å². The van der Waals surface area contributed by atoms with Crippen LogP contribution in [0.15, 0.2) is 47.1 Å². The van der Waals surface area contributed by atoms with E-state index < -0.39 is 36.9 Å². The van der Waals surface area contributed by atoms with Crippen LogP contribution in [0.4, 0.5) is 0 Å². The lowest BCUT2D eigenvalue weighted by atomic mass is 9.96. The molecule has 2 fully saturated rings. The number of aliphatic hydroxyl groups excluding tert-OH is 1. The maximum Gasteiger partial charge on any atom is 0.223 e. The molecule has 1 aromatic carbocycles. The largest absolute Gasteiger partial charge is 0.464 e. The van der Waals surface area contributed by atoms with Crippen molar-refractivity contribution in [2.45, 2.75) is 43.9 Å². The SMILES string of the molecule is CC(=O)N[C@H]1[C@H](Oc2ccc(Cl)cc2)O[C@@H]2CO[C@H](c3ccco3)O[C@H]2[C@@H]1O. The van der Waals surface area contributed by atoms with Gasteiger partial charge in [-0.05, 0) is 36.4 Å². The molecule has 2 aliphatic heterocycles. The maximum absolute atomic E-state index is 11.7. The smallest absolute Gasteiger partial charge is 0.223 e. The number of furan rings is 1. The molecule has 8 nitrogen and oxygen atoms in total. The number of carbonyl (C=O) groups excluding carboxylic acids is 1. The fourth-order valence-electron chi connectivity index (χ4n) is 3.30. The van der Waals surface area contributed by atoms with E-state index in [0.29, 0.717) is 16.5 Å². The maximum atomic E-state index is 11.7. The number of benzene rings is 1. The molecule has 2 saturated heterocycles. The number of hydrogen-bond donors (Lipinski definition) is 2. The third-order valence-corrected chi connectivity index (χ3v) is 4.83. The van der Waals surface area contributed by atoms with Gasteiger partial charge in [-0.1, -0.05) is 11.6 Å². The van der Waals surface area contributed by atoms with E-state index in [2.05, 4.69) is 5.32 Å². The average Bonchev–Trinajstić information content (AvgIpc) is 3.21. The monoisotopic (exact) mass is 409 g/mol. The van der Waals surface area contributed by atoms with Crippen molar-refractivity contribution in [3.63, 3.8) is 0 Å². The van der Waals surface area contributed by atoms with Gasteiger partial charge in [0.15, 0.2) is 5.76 Å². The molecule has 0 radical (unpaired) electrons. The van der Waals surface area contributed by atoms with Crippen molar-refractivity contribution in [1.82, 2.24) is 5.32 Å². The highest BCUT2D eigenvalue weighted by Gasteiger charge is 2.51. The van der Waals surface area contributed by atoms with Gasteiger partial charge in [0.25, 0.3) is 0 Å². The van der Waals surface area contributed by atoms with Crippen LogP contribution in [0.1, 0.15) is 19.0 Å². The quantitative estimate of drug-likeness (QED) is 0.796. The molecule has 1 amide bonds. The summed E-state index contributed by atoms with van der Waals surface area (Å²) in [5, 5.41) is 14.2. The standard InChI is InChI=1S/C19H20ClNO7/c1-10(22)21-15-16(23)17-14(9-25-18(28-17)13-3-2-8-24-13)27-19(15)26-12-6-4-11(20)5-7-12/h2-8,14-19,23H,9H2,1H3,(H,21,22)/t14-,15-,16-,17-,18+,19-/m1/s1. The van der Waals surface area contributed by atoms with Crippen LogP contribution >= 0.6 is 11.6 Å². The van der Waals surface area contributed by atoms with E-state index in [-0.39, 0.29) is 12.5 Å². The van der Waals surface area contributed by atoms with Crippen LogP contribution in [0.25, 0.3) is 0 Å². The van der Waals surface area contributed by atoms with Gasteiger partial charge in [0.2, 0.25) is 18.5 Å². The number of halogens is 1. The first kappa shape index (κ1) is 19.2. The minimum absolute atomic E-state index is 0.167. The number of rotatable bonds is 4. The summed E-state index contributed by atoms with van der Waals surface area (Å²) < 4.78 is 28.6. The Bertz CT molecular complexity index is 797. The average molecular weight is 410 g/mol. The first-order valence-electron chi connectivity index (χ1n) is 8.84. The molecule has 0 spiro atoms. The lowest BCUT2D eigenvalue weighted by Gasteiger charge is -2.47. The Balaban J connectivity index is 1.53. The molecule has 4 rings (SSSR count). The molecule has 3 heterocycles. The first-order chi connectivity index (χ1) is 13.5. The first-order valence-corrected chi connectivity index (χ1v) is 9.22. The number of nitrogens with one attached hydrogen (secondary N) is 1. The Morgan fingerprint density at radius 2 is 2.04 bits per heavy atom. The van der Waals surface area contributed by atoms with Crippen molar-refractivity contribution in [1.29, 1.82) is 0 Å². The summed E-state index contributed by atoms with van der Waals surface area (Å²) in [7, 11) is 0. The highest BCUT2D eigenvalue weighted by Crippen LogP contribution is 2.35. The molecule has 28 heavy (non-hydrogen) atoms. The van der Waals surface area contributed by atoms with Crippen molar-refractivity contribution >= 4 is 17.5 Å². The Hall–Kier alpha value is -2.10. The lowest BCUT2D eigenvalue weighted by Crippen LogP contribution is -2.67. The summed E-state index contributed by atoms with van der Waals surface area (Å²) in [6.07, 6.45) is -2.58. The zero-order chi connectivity index (χ0) is 19.7. The van der Waals surface area contributed by atoms with Crippen molar-refractivity contribution < 1.29 is 33.3 Å². The van der Waals surface area contributed by atoms with Crippen LogP contribution in [0.3, 0.4) is 0 Å². The van der Waals surface area contributed by atoms with Crippen LogP contribution in [0, 0.1) is 0 Å². The van der Waals surface area contributed by atoms with E-state index >= 15 is 0 Å². The van der Waals surface area contributed by atoms with Crippen LogP contribution in [-0.4, -0.2) is 48.3 Å². The summed E-state index contributed by atoms with van der Waals surface area (Å²) in [6, 6.07) is 9.30. The van der Waals surface area contributed by atoms with Gasteiger partial charge >= 0.3 is 0 Å². The zero-order valence-electron chi connectivity index (χ0n) is 15.0. The molecule has 6 atom stereocenters. The van der Waals surface area contributed by atoms with E-state index in [1.165, 1.54) is 13.2 Å². The molecule has 2 N–H and O–H groups in total. The Morgan fingerprint density at radius 3 is 2.71 bits per heavy atom. The lowest BCUT2D eigenvalue weighted by molar-refractivity contribution is -0.336. The molecule has 9 heteroatoms. The van der Waals surface area contributed by atoms with E-state index in [1.807, 2.05) is 0 Å². The summed E-state index contributed by atoms with van der Waals surface area (Å²) in [4.78, 5) is 11.7. The van der Waals surface area contributed by atoms with Crippen LogP contribution in [0.5, 0.6) is 5.75 Å². The second-order valence-corrected chi connectivity index (χ2v) is 7.05. The van der Waals surface area contributed by atoms with Gasteiger partial charge in [0.1, 0.15) is 30.1 Å². The Kier molecular flexibility index (Phi) is 5.56. The zero-order valence-corrected chi connectivity index (χ0v) is 15.7. The second-order valence-electron chi connectivity index (χ2n) is 6.61. The van der Waals surface area contributed by atoms with Gasteiger partial charge in [-0.15, -0.1) is 0 Å². The number of hydrogen-bond acceptors (Lipinski definition) is 7. The third-order valence-electron chi connectivity index (χ3n) is 4.58. The number of fused-ring (bicyclic) bond motifs is 1. The molecule has 2 aliphatic rings. The van der Waals surface area contributed by atoms with Gasteiger partial charge < -0.3 is 33.8 Å². The molecular formula is C19H20ClNO7. The van der Waals surface area contributed by atoms with Gasteiger partial charge in [0.05, 0.1) is 12.9 Å². The molecule has 0 unspecified atom stereocenters. The minimum atomic E-state index is -1.08. The molecule has 2 aromatic rings. The molecular weight excluding hydrogens is 390 g/mol. The molecule has 0 bridgehead atoms. The summed E-state index contributed by atoms with van der Waals surface area (Å²) in [5.41, 5.74) is 0. The summed E-state index contributed by atoms with van der Waals surface area (Å²) >= 11 is 5.90. The van der Waals surface area contributed by atoms with E-state index in [9.17, 15) is 9.90 Å². The third kappa shape index (κ3) is 4.01. The second kappa shape index (κ2) is 8.10. The van der Waals surface area contributed by atoms with E-state index in [1.54, 1.807) is 36.4 Å². The van der Waals surface area contributed by atoms with Crippen LogP contribution < -0.4 is 10.1 Å². The topological polar surface area (TPSA) is 99.4 Å². The Morgan fingerprint density at radius 1 is 1.25 bits per heavy atom. The van der Waals surface area contributed by atoms with Crippen molar-refractivity contribution in [3.05, 3.63) is 53.4 Å². The fourth-order valence-corrected chi connectivity index (χ4v) is 3.42. The highest BCUT2D eigenvalue weighted by atomic mass is 35.5. The number of amides is 1. The number of aliphatic hydroxyl groups is 1. The molecule has 0 aliphatic carbocycles. The van der Waals surface area contributed by atoms with Crippen molar-refractivity contribution in [2.75, 3.05) is 6.61 Å². The van der Waals surface area contributed by atoms with Crippen molar-refractivity contribution in [3.8, 4) is 5.75 Å². The molecule has 0 saturated carbocycles. The molecule has 1 aromatic heterocycles. The normalized spacial score (nSPS) is 32.4. The van der Waals surface area contributed by atoms with Crippen LogP contribution in [-0.2, 0) is 19.0 Å². The van der Waals surface area contributed by atoms with Gasteiger partial charge in [-0.3, -0.25) is 4.79 Å². The summed E-state index contributed by atoms with van der Waals surface area (Å²) in [6.45, 7) is 1.52. The van der Waals surface area contributed by atoms with Gasteiger partial charge in [-0.2, -0.15) is 0 Å². The van der Waals surface area contributed by atoms with E-state index in [0.717, 1.165) is 0 Å². The minimum Gasteiger partial charge on any atom is -0.464 e. The fraction of sp³-hybridized carbons (Fsp3) is 0.421. The number of carbonyl (C=O) groups is 1. The summed E-state index contributed by atoms with van der Waals surface area (Å²) in [5.74, 6) is 0.647. The molecule has 150 valence electrons. The highest BCUT2D eigenvalue weighted by molar-refractivity contribution is 6.30. The Labute approximate surface area is 166 Å². The predicted molar refractivity (Wildman–Crippen MR) is 96.6 cm³/mol. The van der Waals surface area contributed by atoms with E-state index in [4.69, 9.17) is 35.0 Å². The predicted octanol–water partition coefficient (Wildman–Crippen LogP) is 2.02. The van der Waals surface area contributed by atoms with Gasteiger partial charge in [0, 0.05) is 11.9 Å².